The molecule has 1 aliphatic rings. The Morgan fingerprint density at radius 1 is 1.56 bits per heavy atom. The zero-order valence-electron chi connectivity index (χ0n) is 10.2. The number of likely N-dealkylation sites (N-methyl/N-ethyl adjacent to an activating group) is 1. The van der Waals surface area contributed by atoms with Crippen LogP contribution in [0.2, 0.25) is 0 Å². The summed E-state index contributed by atoms with van der Waals surface area (Å²) in [6, 6.07) is -0.0245. The van der Waals surface area contributed by atoms with Gasteiger partial charge < -0.3 is 10.2 Å². The first-order chi connectivity index (χ1) is 7.60. The van der Waals surface area contributed by atoms with E-state index in [2.05, 4.69) is 17.6 Å². The van der Waals surface area contributed by atoms with E-state index in [9.17, 15) is 9.59 Å². The highest BCUT2D eigenvalue weighted by atomic mass is 16.2. The maximum atomic E-state index is 12.1. The molecule has 0 radical (unpaired) electrons. The number of hydrogen-bond acceptors (Lipinski definition) is 3. The number of nitrogens with zero attached hydrogens (tertiary/aromatic N) is 1. The van der Waals surface area contributed by atoms with Crippen molar-refractivity contribution in [2.24, 2.45) is 0 Å². The van der Waals surface area contributed by atoms with Crippen molar-refractivity contribution in [3.05, 3.63) is 0 Å². The van der Waals surface area contributed by atoms with Crippen LogP contribution in [0.3, 0.4) is 0 Å². The molecular formula is C11H21N3O2. The first kappa shape index (κ1) is 13.0. The monoisotopic (exact) mass is 227 g/mol. The van der Waals surface area contributed by atoms with Crippen LogP contribution >= 0.6 is 0 Å². The third-order valence-electron chi connectivity index (χ3n) is 3.06. The van der Waals surface area contributed by atoms with Gasteiger partial charge in [0.1, 0.15) is 6.04 Å². The van der Waals surface area contributed by atoms with Crippen molar-refractivity contribution in [3.63, 3.8) is 0 Å². The van der Waals surface area contributed by atoms with Gasteiger partial charge in [0, 0.05) is 19.1 Å². The Morgan fingerprint density at radius 3 is 2.69 bits per heavy atom. The van der Waals surface area contributed by atoms with Crippen molar-refractivity contribution in [2.45, 2.75) is 39.3 Å². The minimum absolute atomic E-state index is 0.0457. The van der Waals surface area contributed by atoms with E-state index in [0.717, 1.165) is 6.42 Å². The average molecular weight is 227 g/mol. The number of carbonyl (C=O) groups excluding carboxylic acids is 2. The Labute approximate surface area is 96.6 Å². The largest absolute Gasteiger partial charge is 0.353 e. The van der Waals surface area contributed by atoms with Crippen LogP contribution in [0, 0.1) is 0 Å². The van der Waals surface area contributed by atoms with Crippen molar-refractivity contribution in [1.29, 1.82) is 0 Å². The minimum atomic E-state index is -0.272. The van der Waals surface area contributed by atoms with Gasteiger partial charge in [0.05, 0.1) is 6.54 Å². The summed E-state index contributed by atoms with van der Waals surface area (Å²) in [6.07, 6.45) is 0.943. The fourth-order valence-corrected chi connectivity index (χ4v) is 1.85. The van der Waals surface area contributed by atoms with Gasteiger partial charge >= 0.3 is 0 Å². The smallest absolute Gasteiger partial charge is 0.241 e. The molecule has 0 spiro atoms. The fourth-order valence-electron chi connectivity index (χ4n) is 1.85. The molecular weight excluding hydrogens is 206 g/mol. The van der Waals surface area contributed by atoms with E-state index in [0.29, 0.717) is 13.1 Å². The van der Waals surface area contributed by atoms with Gasteiger partial charge in [-0.05, 0) is 20.3 Å². The van der Waals surface area contributed by atoms with Crippen molar-refractivity contribution >= 4 is 11.8 Å². The van der Waals surface area contributed by atoms with Gasteiger partial charge in [0.15, 0.2) is 0 Å². The van der Waals surface area contributed by atoms with Crippen LogP contribution in [0.25, 0.3) is 0 Å². The summed E-state index contributed by atoms with van der Waals surface area (Å²) >= 11 is 0. The van der Waals surface area contributed by atoms with E-state index in [4.69, 9.17) is 0 Å². The molecule has 1 saturated heterocycles. The van der Waals surface area contributed by atoms with E-state index in [1.807, 2.05) is 18.7 Å². The van der Waals surface area contributed by atoms with Gasteiger partial charge in [0.2, 0.25) is 11.8 Å². The number of hydrogen-bond donors (Lipinski definition) is 2. The second-order valence-corrected chi connectivity index (χ2v) is 4.12. The summed E-state index contributed by atoms with van der Waals surface area (Å²) in [5.74, 6) is 0.0347. The molecule has 0 aromatic carbocycles. The topological polar surface area (TPSA) is 61.4 Å². The second kappa shape index (κ2) is 5.84. The molecule has 2 unspecified atom stereocenters. The predicted octanol–water partition coefficient (Wildman–Crippen LogP) is -0.279. The third-order valence-corrected chi connectivity index (χ3v) is 3.06. The standard InChI is InChI=1S/C11H21N3O2/c1-4-8(3)14(5-2)11(16)9-6-13-10(15)7-12-9/h8-9,12H,4-7H2,1-3H3,(H,13,15). The van der Waals surface area contributed by atoms with E-state index < -0.39 is 0 Å². The molecule has 92 valence electrons. The van der Waals surface area contributed by atoms with Crippen LogP contribution in [-0.4, -0.2) is 48.4 Å². The Kier molecular flexibility index (Phi) is 4.73. The predicted molar refractivity (Wildman–Crippen MR) is 61.9 cm³/mol. The molecule has 2 amide bonds. The molecule has 1 fully saturated rings. The molecule has 2 N–H and O–H groups in total. The van der Waals surface area contributed by atoms with E-state index in [1.54, 1.807) is 0 Å². The molecule has 0 saturated carbocycles. The maximum absolute atomic E-state index is 12.1. The SMILES string of the molecule is CCC(C)N(CC)C(=O)C1CNC(=O)CN1. The Hall–Kier alpha value is -1.10. The van der Waals surface area contributed by atoms with Crippen molar-refractivity contribution in [1.82, 2.24) is 15.5 Å². The van der Waals surface area contributed by atoms with Crippen LogP contribution < -0.4 is 10.6 Å². The zero-order valence-corrected chi connectivity index (χ0v) is 10.2. The molecule has 2 atom stereocenters. The van der Waals surface area contributed by atoms with Gasteiger partial charge in [-0.3, -0.25) is 14.9 Å². The van der Waals surface area contributed by atoms with E-state index in [1.165, 1.54) is 0 Å². The number of piperazine rings is 1. The highest BCUT2D eigenvalue weighted by molar-refractivity contribution is 5.86. The quantitative estimate of drug-likeness (QED) is 0.694. The van der Waals surface area contributed by atoms with Gasteiger partial charge in [-0.15, -0.1) is 0 Å². The third kappa shape index (κ3) is 2.95. The molecule has 5 nitrogen and oxygen atoms in total. The van der Waals surface area contributed by atoms with Gasteiger partial charge in [-0.25, -0.2) is 0 Å². The highest BCUT2D eigenvalue weighted by Gasteiger charge is 2.28. The molecule has 5 heteroatoms. The first-order valence-corrected chi connectivity index (χ1v) is 5.90. The number of amides is 2. The Balaban J connectivity index is 2.57. The summed E-state index contributed by atoms with van der Waals surface area (Å²) in [7, 11) is 0. The van der Waals surface area contributed by atoms with Crippen molar-refractivity contribution in [2.75, 3.05) is 19.6 Å². The molecule has 0 aromatic rings. The van der Waals surface area contributed by atoms with E-state index in [-0.39, 0.29) is 30.4 Å². The average Bonchev–Trinajstić information content (AvgIpc) is 2.30. The number of rotatable bonds is 4. The van der Waals surface area contributed by atoms with Gasteiger partial charge in [0.25, 0.3) is 0 Å². The maximum Gasteiger partial charge on any atom is 0.241 e. The normalized spacial score (nSPS) is 22.4. The van der Waals surface area contributed by atoms with Crippen molar-refractivity contribution < 1.29 is 9.59 Å². The molecule has 1 rings (SSSR count). The number of nitrogens with one attached hydrogen (secondary N) is 2. The summed E-state index contributed by atoms with van der Waals surface area (Å²) < 4.78 is 0. The number of carbonyl (C=O) groups is 2. The van der Waals surface area contributed by atoms with Crippen LogP contribution in [0.5, 0.6) is 0 Å². The molecule has 0 aromatic heterocycles. The van der Waals surface area contributed by atoms with Crippen LogP contribution in [0.15, 0.2) is 0 Å². The molecule has 0 aliphatic carbocycles. The van der Waals surface area contributed by atoms with Gasteiger partial charge in [-0.2, -0.15) is 0 Å². The van der Waals surface area contributed by atoms with Gasteiger partial charge in [-0.1, -0.05) is 6.92 Å². The van der Waals surface area contributed by atoms with Crippen molar-refractivity contribution in [3.8, 4) is 0 Å². The lowest BCUT2D eigenvalue weighted by Gasteiger charge is -2.33. The van der Waals surface area contributed by atoms with Crippen LogP contribution in [0.1, 0.15) is 27.2 Å². The summed E-state index contributed by atoms with van der Waals surface area (Å²) in [4.78, 5) is 25.0. The fraction of sp³-hybridized carbons (Fsp3) is 0.818. The zero-order chi connectivity index (χ0) is 12.1. The minimum Gasteiger partial charge on any atom is -0.353 e. The first-order valence-electron chi connectivity index (χ1n) is 5.90. The summed E-state index contributed by atoms with van der Waals surface area (Å²) in [5, 5.41) is 5.66. The lowest BCUT2D eigenvalue weighted by molar-refractivity contribution is -0.136. The molecule has 1 heterocycles. The molecule has 16 heavy (non-hydrogen) atoms. The molecule has 0 bridgehead atoms. The molecule has 1 aliphatic heterocycles. The summed E-state index contributed by atoms with van der Waals surface area (Å²) in [6.45, 7) is 7.42. The Morgan fingerprint density at radius 2 is 2.25 bits per heavy atom. The second-order valence-electron chi connectivity index (χ2n) is 4.12. The van der Waals surface area contributed by atoms with Crippen LogP contribution in [-0.2, 0) is 9.59 Å². The summed E-state index contributed by atoms with van der Waals surface area (Å²) in [5.41, 5.74) is 0. The van der Waals surface area contributed by atoms with E-state index >= 15 is 0 Å². The highest BCUT2D eigenvalue weighted by Crippen LogP contribution is 2.06. The Bertz CT molecular complexity index is 258. The van der Waals surface area contributed by atoms with Crippen LogP contribution in [0.4, 0.5) is 0 Å². The lowest BCUT2D eigenvalue weighted by Crippen LogP contribution is -2.59. The lowest BCUT2D eigenvalue weighted by atomic mass is 10.1.